The number of nitrogens with two attached hydrogens (primary N) is 1. The van der Waals surface area contributed by atoms with Gasteiger partial charge in [-0.25, -0.2) is 4.79 Å². The molecule has 0 unspecified atom stereocenters. The zero-order valence-corrected chi connectivity index (χ0v) is 11.3. The van der Waals surface area contributed by atoms with Crippen LogP contribution in [0.15, 0.2) is 42.5 Å². The fourth-order valence-electron chi connectivity index (χ4n) is 2.59. The van der Waals surface area contributed by atoms with Crippen LogP contribution in [0.2, 0.25) is 0 Å². The first-order valence-electron chi connectivity index (χ1n) is 6.48. The van der Waals surface area contributed by atoms with Crippen LogP contribution in [0, 0.1) is 0 Å². The highest BCUT2D eigenvalue weighted by Gasteiger charge is 2.20. The second kappa shape index (κ2) is 4.89. The lowest BCUT2D eigenvalue weighted by Gasteiger charge is -2.20. The molecular formula is C16H16N2O2. The van der Waals surface area contributed by atoms with Crippen LogP contribution < -0.4 is 10.6 Å². The monoisotopic (exact) mass is 268 g/mol. The van der Waals surface area contributed by atoms with E-state index in [1.807, 2.05) is 18.2 Å². The summed E-state index contributed by atoms with van der Waals surface area (Å²) in [5.41, 5.74) is 10.8. The maximum absolute atomic E-state index is 11.5. The van der Waals surface area contributed by atoms with E-state index in [-0.39, 0.29) is 5.97 Å². The molecule has 3 rings (SSSR count). The maximum Gasteiger partial charge on any atom is 0.337 e. The van der Waals surface area contributed by atoms with Crippen LogP contribution in [0.1, 0.15) is 21.5 Å². The van der Waals surface area contributed by atoms with E-state index < -0.39 is 0 Å². The van der Waals surface area contributed by atoms with Gasteiger partial charge < -0.3 is 15.4 Å². The second-order valence-corrected chi connectivity index (χ2v) is 4.89. The molecule has 0 saturated heterocycles. The quantitative estimate of drug-likeness (QED) is 0.672. The summed E-state index contributed by atoms with van der Waals surface area (Å²) in [6.07, 6.45) is 0. The summed E-state index contributed by atoms with van der Waals surface area (Å²) in [4.78, 5) is 13.7. The molecule has 0 radical (unpaired) electrons. The van der Waals surface area contributed by atoms with Crippen LogP contribution in [0.5, 0.6) is 0 Å². The van der Waals surface area contributed by atoms with E-state index >= 15 is 0 Å². The number of methoxy groups -OCH3 is 1. The summed E-state index contributed by atoms with van der Waals surface area (Å²) in [6.45, 7) is 1.69. The first kappa shape index (κ1) is 12.5. The van der Waals surface area contributed by atoms with E-state index in [2.05, 4.69) is 17.0 Å². The molecule has 2 aromatic carbocycles. The van der Waals surface area contributed by atoms with E-state index in [4.69, 9.17) is 10.5 Å². The molecule has 0 fully saturated rings. The van der Waals surface area contributed by atoms with Gasteiger partial charge in [0.1, 0.15) is 0 Å². The molecule has 1 heterocycles. The standard InChI is InChI=1S/C16H16N2O2/c1-20-16(19)11-6-7-15(14(17)8-11)18-9-12-4-2-3-5-13(12)10-18/h2-8H,9-10,17H2,1H3. The number of hydrogen-bond acceptors (Lipinski definition) is 4. The Bertz CT molecular complexity index is 642. The van der Waals surface area contributed by atoms with E-state index in [1.54, 1.807) is 12.1 Å². The normalized spacial score (nSPS) is 13.2. The molecule has 2 aromatic rings. The van der Waals surface area contributed by atoms with Gasteiger partial charge in [0, 0.05) is 13.1 Å². The van der Waals surface area contributed by atoms with Crippen LogP contribution >= 0.6 is 0 Å². The van der Waals surface area contributed by atoms with Gasteiger partial charge in [0.15, 0.2) is 0 Å². The van der Waals surface area contributed by atoms with Crippen LogP contribution in [0.3, 0.4) is 0 Å². The Labute approximate surface area is 117 Å². The van der Waals surface area contributed by atoms with E-state index in [0.29, 0.717) is 11.3 Å². The number of carbonyl (C=O) groups is 1. The summed E-state index contributed by atoms with van der Waals surface area (Å²) in [7, 11) is 1.36. The Hall–Kier alpha value is -2.49. The third-order valence-electron chi connectivity index (χ3n) is 3.63. The maximum atomic E-state index is 11.5. The highest BCUT2D eigenvalue weighted by atomic mass is 16.5. The Morgan fingerprint density at radius 1 is 1.15 bits per heavy atom. The third-order valence-corrected chi connectivity index (χ3v) is 3.63. The van der Waals surface area contributed by atoms with Crippen molar-refractivity contribution in [2.75, 3.05) is 17.7 Å². The van der Waals surface area contributed by atoms with Crippen molar-refractivity contribution >= 4 is 17.3 Å². The molecule has 102 valence electrons. The van der Waals surface area contributed by atoms with Gasteiger partial charge in [-0.3, -0.25) is 0 Å². The van der Waals surface area contributed by atoms with E-state index in [9.17, 15) is 4.79 Å². The molecule has 0 aromatic heterocycles. The van der Waals surface area contributed by atoms with Crippen molar-refractivity contribution in [3.05, 3.63) is 59.2 Å². The molecule has 4 nitrogen and oxygen atoms in total. The number of rotatable bonds is 2. The van der Waals surface area contributed by atoms with Gasteiger partial charge >= 0.3 is 5.97 Å². The summed E-state index contributed by atoms with van der Waals surface area (Å²) in [5.74, 6) is -0.368. The molecule has 1 aliphatic rings. The highest BCUT2D eigenvalue weighted by molar-refractivity contribution is 5.92. The fourth-order valence-corrected chi connectivity index (χ4v) is 2.59. The smallest absolute Gasteiger partial charge is 0.337 e. The average molecular weight is 268 g/mol. The zero-order valence-electron chi connectivity index (χ0n) is 11.3. The van der Waals surface area contributed by atoms with Gasteiger partial charge in [0.25, 0.3) is 0 Å². The van der Waals surface area contributed by atoms with E-state index in [1.165, 1.54) is 18.2 Å². The van der Waals surface area contributed by atoms with Gasteiger partial charge in [-0.2, -0.15) is 0 Å². The minimum absolute atomic E-state index is 0.368. The van der Waals surface area contributed by atoms with Gasteiger partial charge in [-0.15, -0.1) is 0 Å². The number of esters is 1. The summed E-state index contributed by atoms with van der Waals surface area (Å²) < 4.78 is 4.70. The molecule has 0 aliphatic carbocycles. The van der Waals surface area contributed by atoms with Crippen molar-refractivity contribution in [3.63, 3.8) is 0 Å². The van der Waals surface area contributed by atoms with Crippen LogP contribution in [-0.2, 0) is 17.8 Å². The zero-order chi connectivity index (χ0) is 14.1. The lowest BCUT2D eigenvalue weighted by atomic mass is 10.1. The average Bonchev–Trinajstić information content (AvgIpc) is 2.89. The number of fused-ring (bicyclic) bond motifs is 1. The van der Waals surface area contributed by atoms with Crippen LogP contribution in [0.25, 0.3) is 0 Å². The van der Waals surface area contributed by atoms with Crippen molar-refractivity contribution < 1.29 is 9.53 Å². The summed E-state index contributed by atoms with van der Waals surface area (Å²) in [6, 6.07) is 13.7. The number of nitrogens with zero attached hydrogens (tertiary/aromatic N) is 1. The third kappa shape index (κ3) is 2.09. The highest BCUT2D eigenvalue weighted by Crippen LogP contribution is 2.32. The number of benzene rings is 2. The Balaban J connectivity index is 1.88. The van der Waals surface area contributed by atoms with Crippen LogP contribution in [-0.4, -0.2) is 13.1 Å². The number of carbonyl (C=O) groups excluding carboxylic acids is 1. The first-order chi connectivity index (χ1) is 9.69. The predicted molar refractivity (Wildman–Crippen MR) is 78.5 cm³/mol. The molecule has 0 saturated carbocycles. The minimum atomic E-state index is -0.368. The minimum Gasteiger partial charge on any atom is -0.465 e. The Morgan fingerprint density at radius 3 is 2.35 bits per heavy atom. The molecule has 0 bridgehead atoms. The summed E-state index contributed by atoms with van der Waals surface area (Å²) >= 11 is 0. The van der Waals surface area contributed by atoms with Gasteiger partial charge in [0.2, 0.25) is 0 Å². The molecular weight excluding hydrogens is 252 g/mol. The molecule has 2 N–H and O–H groups in total. The molecule has 0 spiro atoms. The number of anilines is 2. The predicted octanol–water partition coefficient (Wildman–Crippen LogP) is 2.58. The number of ether oxygens (including phenoxy) is 1. The van der Waals surface area contributed by atoms with Crippen LogP contribution in [0.4, 0.5) is 11.4 Å². The Morgan fingerprint density at radius 2 is 1.80 bits per heavy atom. The van der Waals surface area contributed by atoms with Crippen molar-refractivity contribution in [1.82, 2.24) is 0 Å². The van der Waals surface area contributed by atoms with Gasteiger partial charge in [-0.1, -0.05) is 24.3 Å². The first-order valence-corrected chi connectivity index (χ1v) is 6.48. The largest absolute Gasteiger partial charge is 0.465 e. The molecule has 20 heavy (non-hydrogen) atoms. The number of nitrogen functional groups attached to an aromatic ring is 1. The lowest BCUT2D eigenvalue weighted by Crippen LogP contribution is -2.16. The second-order valence-electron chi connectivity index (χ2n) is 4.89. The van der Waals surface area contributed by atoms with Crippen molar-refractivity contribution in [1.29, 1.82) is 0 Å². The van der Waals surface area contributed by atoms with Gasteiger partial charge in [0.05, 0.1) is 24.0 Å². The SMILES string of the molecule is COC(=O)c1ccc(N2Cc3ccccc3C2)c(N)c1. The molecule has 0 amide bonds. The van der Waals surface area contributed by atoms with Crippen molar-refractivity contribution in [2.45, 2.75) is 13.1 Å². The van der Waals surface area contributed by atoms with Crippen molar-refractivity contribution in [3.8, 4) is 0 Å². The lowest BCUT2D eigenvalue weighted by molar-refractivity contribution is 0.0601. The topological polar surface area (TPSA) is 55.6 Å². The fraction of sp³-hybridized carbons (Fsp3) is 0.188. The molecule has 0 atom stereocenters. The molecule has 4 heteroatoms. The molecule has 1 aliphatic heterocycles. The summed E-state index contributed by atoms with van der Waals surface area (Å²) in [5, 5.41) is 0. The van der Waals surface area contributed by atoms with E-state index in [0.717, 1.165) is 18.8 Å². The van der Waals surface area contributed by atoms with Crippen molar-refractivity contribution in [2.24, 2.45) is 0 Å². The Kier molecular flexibility index (Phi) is 3.06. The van der Waals surface area contributed by atoms with Gasteiger partial charge in [-0.05, 0) is 29.3 Å². The number of hydrogen-bond donors (Lipinski definition) is 1.